The van der Waals surface area contributed by atoms with Crippen LogP contribution in [0.15, 0.2) is 18.7 Å². The van der Waals surface area contributed by atoms with E-state index in [0.717, 1.165) is 17.2 Å². The highest BCUT2D eigenvalue weighted by Crippen LogP contribution is 2.43. The van der Waals surface area contributed by atoms with Gasteiger partial charge in [-0.25, -0.2) is 23.4 Å². The molecule has 2 aliphatic rings. The van der Waals surface area contributed by atoms with Gasteiger partial charge in [0.05, 0.1) is 23.8 Å². The number of anilines is 2. The number of piperidine rings is 1. The third kappa shape index (κ3) is 2.65. The number of rotatable bonds is 2. The molecule has 0 saturated carbocycles. The van der Waals surface area contributed by atoms with Gasteiger partial charge in [-0.15, -0.1) is 0 Å². The second-order valence-corrected chi connectivity index (χ2v) is 8.54. The Labute approximate surface area is 146 Å². The smallest absolute Gasteiger partial charge is 0.212 e. The minimum absolute atomic E-state index is 0.426. The number of nitrogens with one attached hydrogen (secondary N) is 1. The molecule has 1 fully saturated rings. The fourth-order valence-electron chi connectivity index (χ4n) is 4.07. The molecule has 10 heteroatoms. The molecule has 1 saturated heterocycles. The number of nitrogens with zero attached hydrogens (tertiary/aromatic N) is 5. The Morgan fingerprint density at radius 3 is 2.64 bits per heavy atom. The molecule has 0 unspecified atom stereocenters. The van der Waals surface area contributed by atoms with E-state index >= 15 is 0 Å². The van der Waals surface area contributed by atoms with Gasteiger partial charge in [0.2, 0.25) is 10.0 Å². The van der Waals surface area contributed by atoms with Crippen LogP contribution in [-0.4, -0.2) is 58.5 Å². The van der Waals surface area contributed by atoms with Crippen LogP contribution in [0.5, 0.6) is 0 Å². The third-order valence-corrected chi connectivity index (χ3v) is 6.52. The number of fused-ring (bicyclic) bond motifs is 2. The van der Waals surface area contributed by atoms with Gasteiger partial charge >= 0.3 is 0 Å². The summed E-state index contributed by atoms with van der Waals surface area (Å²) in [5, 5.41) is 0. The SMILES string of the molecule is CS(=O)(=O)N1CCc2[nH]cnc2C12CCN(c1cc(N)ncn1)CC2. The van der Waals surface area contributed by atoms with Crippen molar-refractivity contribution in [3.05, 3.63) is 30.1 Å². The van der Waals surface area contributed by atoms with E-state index in [4.69, 9.17) is 5.73 Å². The van der Waals surface area contributed by atoms with Gasteiger partial charge in [-0.3, -0.25) is 0 Å². The Balaban J connectivity index is 1.67. The van der Waals surface area contributed by atoms with Crippen molar-refractivity contribution in [1.82, 2.24) is 24.2 Å². The van der Waals surface area contributed by atoms with Crippen molar-refractivity contribution in [2.45, 2.75) is 24.8 Å². The molecule has 2 aliphatic heterocycles. The summed E-state index contributed by atoms with van der Waals surface area (Å²) in [6, 6.07) is 1.74. The number of aromatic nitrogens is 4. The van der Waals surface area contributed by atoms with E-state index in [2.05, 4.69) is 24.8 Å². The van der Waals surface area contributed by atoms with Crippen molar-refractivity contribution in [3.63, 3.8) is 0 Å². The van der Waals surface area contributed by atoms with Crippen molar-refractivity contribution in [1.29, 1.82) is 0 Å². The van der Waals surface area contributed by atoms with E-state index in [1.165, 1.54) is 12.6 Å². The predicted octanol–water partition coefficient (Wildman–Crippen LogP) is 0.0953. The number of imidazole rings is 1. The molecule has 4 rings (SSSR count). The first kappa shape index (κ1) is 16.3. The minimum Gasteiger partial charge on any atom is -0.384 e. The largest absolute Gasteiger partial charge is 0.384 e. The highest BCUT2D eigenvalue weighted by Gasteiger charge is 2.50. The molecular weight excluding hydrogens is 342 g/mol. The number of nitrogens with two attached hydrogens (primary N) is 1. The molecule has 9 nitrogen and oxygen atoms in total. The van der Waals surface area contributed by atoms with Gasteiger partial charge in [0, 0.05) is 37.8 Å². The lowest BCUT2D eigenvalue weighted by atomic mass is 9.80. The van der Waals surface area contributed by atoms with Gasteiger partial charge in [-0.1, -0.05) is 0 Å². The molecule has 0 aliphatic carbocycles. The van der Waals surface area contributed by atoms with Gasteiger partial charge in [0.25, 0.3) is 0 Å². The summed E-state index contributed by atoms with van der Waals surface area (Å²) in [6.45, 7) is 1.83. The highest BCUT2D eigenvalue weighted by molar-refractivity contribution is 7.88. The maximum absolute atomic E-state index is 12.4. The lowest BCUT2D eigenvalue weighted by Gasteiger charge is -2.49. The van der Waals surface area contributed by atoms with Crippen LogP contribution in [0, 0.1) is 0 Å². The fourth-order valence-corrected chi connectivity index (χ4v) is 5.39. The molecule has 0 aromatic carbocycles. The maximum Gasteiger partial charge on any atom is 0.212 e. The zero-order valence-electron chi connectivity index (χ0n) is 14.0. The second-order valence-electron chi connectivity index (χ2n) is 6.63. The van der Waals surface area contributed by atoms with Crippen molar-refractivity contribution in [3.8, 4) is 0 Å². The quantitative estimate of drug-likeness (QED) is 0.776. The second kappa shape index (κ2) is 5.67. The molecule has 3 N–H and O–H groups in total. The van der Waals surface area contributed by atoms with Crippen LogP contribution in [0.4, 0.5) is 11.6 Å². The van der Waals surface area contributed by atoms with Crippen molar-refractivity contribution >= 4 is 21.7 Å². The average molecular weight is 363 g/mol. The van der Waals surface area contributed by atoms with Gasteiger partial charge < -0.3 is 15.6 Å². The minimum atomic E-state index is -3.33. The molecule has 1 spiro atoms. The van der Waals surface area contributed by atoms with E-state index < -0.39 is 15.6 Å². The number of nitrogen functional groups attached to an aromatic ring is 1. The fraction of sp³-hybridized carbons (Fsp3) is 0.533. The summed E-state index contributed by atoms with van der Waals surface area (Å²) in [7, 11) is -3.33. The van der Waals surface area contributed by atoms with Crippen LogP contribution >= 0.6 is 0 Å². The summed E-state index contributed by atoms with van der Waals surface area (Å²) in [5.41, 5.74) is 7.07. The lowest BCUT2D eigenvalue weighted by Crippen LogP contribution is -2.58. The predicted molar refractivity (Wildman–Crippen MR) is 93.4 cm³/mol. The van der Waals surface area contributed by atoms with Gasteiger partial charge in [-0.05, 0) is 12.8 Å². The molecular formula is C15H21N7O2S. The van der Waals surface area contributed by atoms with Crippen LogP contribution in [0.1, 0.15) is 24.2 Å². The summed E-state index contributed by atoms with van der Waals surface area (Å²) in [6.07, 6.45) is 6.36. The molecule has 2 aromatic rings. The summed E-state index contributed by atoms with van der Waals surface area (Å²) in [4.78, 5) is 18.0. The first-order chi connectivity index (χ1) is 11.9. The molecule has 4 heterocycles. The van der Waals surface area contributed by atoms with E-state index in [9.17, 15) is 8.42 Å². The lowest BCUT2D eigenvalue weighted by molar-refractivity contribution is 0.128. The van der Waals surface area contributed by atoms with E-state index in [1.807, 2.05) is 0 Å². The van der Waals surface area contributed by atoms with Crippen LogP contribution in [0.2, 0.25) is 0 Å². The van der Waals surface area contributed by atoms with Crippen LogP contribution in [0.25, 0.3) is 0 Å². The highest BCUT2D eigenvalue weighted by atomic mass is 32.2. The zero-order valence-corrected chi connectivity index (χ0v) is 14.8. The number of aromatic amines is 1. The Morgan fingerprint density at radius 2 is 1.96 bits per heavy atom. The van der Waals surface area contributed by atoms with Crippen LogP contribution in [-0.2, 0) is 22.0 Å². The van der Waals surface area contributed by atoms with Crippen molar-refractivity contribution in [2.75, 3.05) is 36.5 Å². The molecule has 134 valence electrons. The van der Waals surface area contributed by atoms with Gasteiger partial charge in [-0.2, -0.15) is 4.31 Å². The first-order valence-corrected chi connectivity index (χ1v) is 10.1. The standard InChI is InChI=1S/C15H21N7O2S/c1-25(23,24)22-5-2-11-14(20-9-17-11)15(22)3-6-21(7-4-15)13-8-12(16)18-10-19-13/h8-10H,2-7H2,1H3,(H,17,20)(H2,16,18,19). The number of hydrogen-bond acceptors (Lipinski definition) is 7. The summed E-state index contributed by atoms with van der Waals surface area (Å²) < 4.78 is 26.5. The molecule has 0 atom stereocenters. The average Bonchev–Trinajstić information content (AvgIpc) is 3.05. The summed E-state index contributed by atoms with van der Waals surface area (Å²) >= 11 is 0. The molecule has 0 amide bonds. The number of H-pyrrole nitrogens is 1. The van der Waals surface area contributed by atoms with Crippen molar-refractivity contribution in [2.24, 2.45) is 0 Å². The number of sulfonamides is 1. The zero-order chi connectivity index (χ0) is 17.7. The Hall–Kier alpha value is -2.20. The topological polar surface area (TPSA) is 121 Å². The third-order valence-electron chi connectivity index (χ3n) is 5.19. The monoisotopic (exact) mass is 363 g/mol. The Bertz CT molecular complexity index is 887. The summed E-state index contributed by atoms with van der Waals surface area (Å²) in [5.74, 6) is 1.20. The maximum atomic E-state index is 12.4. The number of hydrogen-bond donors (Lipinski definition) is 2. The molecule has 0 radical (unpaired) electrons. The first-order valence-electron chi connectivity index (χ1n) is 8.23. The van der Waals surface area contributed by atoms with E-state index in [0.29, 0.717) is 44.7 Å². The van der Waals surface area contributed by atoms with Gasteiger partial charge in [0.1, 0.15) is 18.0 Å². The van der Waals surface area contributed by atoms with Crippen molar-refractivity contribution < 1.29 is 8.42 Å². The van der Waals surface area contributed by atoms with E-state index in [1.54, 1.807) is 16.7 Å². The van der Waals surface area contributed by atoms with Crippen LogP contribution in [0.3, 0.4) is 0 Å². The molecule has 2 aromatic heterocycles. The molecule has 0 bridgehead atoms. The van der Waals surface area contributed by atoms with E-state index in [-0.39, 0.29) is 0 Å². The van der Waals surface area contributed by atoms with Gasteiger partial charge in [0.15, 0.2) is 0 Å². The Kier molecular flexibility index (Phi) is 3.69. The normalized spacial score (nSPS) is 20.6. The molecule has 25 heavy (non-hydrogen) atoms. The Morgan fingerprint density at radius 1 is 1.20 bits per heavy atom. The van der Waals surface area contributed by atoms with Crippen LogP contribution < -0.4 is 10.6 Å².